The maximum absolute atomic E-state index is 5.91. The first-order valence-electron chi connectivity index (χ1n) is 6.90. The first kappa shape index (κ1) is 12.5. The van der Waals surface area contributed by atoms with Crippen molar-refractivity contribution in [3.63, 3.8) is 0 Å². The Hall–Kier alpha value is -0.570. The second-order valence-electron chi connectivity index (χ2n) is 5.50. The van der Waals surface area contributed by atoms with E-state index in [1.165, 1.54) is 31.2 Å². The van der Waals surface area contributed by atoms with E-state index in [1.54, 1.807) is 0 Å². The Labute approximate surface area is 114 Å². The molecule has 2 fully saturated rings. The molecule has 1 aromatic rings. The van der Waals surface area contributed by atoms with Crippen molar-refractivity contribution in [2.45, 2.75) is 43.7 Å². The van der Waals surface area contributed by atoms with Crippen LogP contribution in [-0.4, -0.2) is 25.3 Å². The number of halogens is 1. The van der Waals surface area contributed by atoms with E-state index in [0.29, 0.717) is 18.0 Å². The normalized spacial score (nSPS) is 31.9. The summed E-state index contributed by atoms with van der Waals surface area (Å²) in [5, 5.41) is 4.54. The van der Waals surface area contributed by atoms with Gasteiger partial charge in [-0.15, -0.1) is 0 Å². The number of benzene rings is 1. The van der Waals surface area contributed by atoms with Crippen LogP contribution in [0, 0.1) is 0 Å². The number of nitrogens with one attached hydrogen (secondary N) is 1. The third kappa shape index (κ3) is 2.87. The fraction of sp³-hybridized carbons (Fsp3) is 0.600. The Kier molecular flexibility index (Phi) is 3.88. The van der Waals surface area contributed by atoms with Gasteiger partial charge in [-0.1, -0.05) is 23.7 Å². The van der Waals surface area contributed by atoms with Crippen molar-refractivity contribution in [3.8, 4) is 0 Å². The summed E-state index contributed by atoms with van der Waals surface area (Å²) >= 11 is 5.91. The standard InChI is InChI=1S/C15H20ClNO/c16-13-5-3-11(4-6-13)12-8-15(9-12)17-14-2-1-7-18-10-14/h3-6,12,14-15,17H,1-2,7-10H2. The molecule has 1 saturated heterocycles. The highest BCUT2D eigenvalue weighted by Gasteiger charge is 2.31. The van der Waals surface area contributed by atoms with Crippen molar-refractivity contribution >= 4 is 11.6 Å². The molecule has 0 amide bonds. The molecule has 0 radical (unpaired) electrons. The van der Waals surface area contributed by atoms with Gasteiger partial charge in [0.15, 0.2) is 0 Å². The monoisotopic (exact) mass is 265 g/mol. The Morgan fingerprint density at radius 1 is 1.11 bits per heavy atom. The molecule has 1 saturated carbocycles. The Bertz CT molecular complexity index is 380. The lowest BCUT2D eigenvalue weighted by atomic mass is 9.75. The van der Waals surface area contributed by atoms with E-state index in [9.17, 15) is 0 Å². The minimum Gasteiger partial charge on any atom is -0.380 e. The molecule has 3 heteroatoms. The van der Waals surface area contributed by atoms with Gasteiger partial charge in [-0.05, 0) is 49.3 Å². The smallest absolute Gasteiger partial charge is 0.0619 e. The lowest BCUT2D eigenvalue weighted by molar-refractivity contribution is 0.0600. The van der Waals surface area contributed by atoms with Gasteiger partial charge in [0.2, 0.25) is 0 Å². The van der Waals surface area contributed by atoms with Gasteiger partial charge in [0.25, 0.3) is 0 Å². The molecule has 18 heavy (non-hydrogen) atoms. The summed E-state index contributed by atoms with van der Waals surface area (Å²) in [4.78, 5) is 0. The first-order chi connectivity index (χ1) is 8.81. The molecule has 1 atom stereocenters. The maximum atomic E-state index is 5.91. The van der Waals surface area contributed by atoms with Crippen LogP contribution in [0.2, 0.25) is 5.02 Å². The summed E-state index contributed by atoms with van der Waals surface area (Å²) in [5.74, 6) is 0.712. The zero-order valence-electron chi connectivity index (χ0n) is 10.6. The van der Waals surface area contributed by atoms with Gasteiger partial charge in [0.05, 0.1) is 6.61 Å². The SMILES string of the molecule is Clc1ccc(C2CC(NC3CCCOC3)C2)cc1. The molecule has 98 valence electrons. The minimum atomic E-state index is 0.579. The molecule has 1 aliphatic carbocycles. The van der Waals surface area contributed by atoms with Gasteiger partial charge in [0, 0.05) is 23.7 Å². The zero-order valence-corrected chi connectivity index (χ0v) is 11.3. The van der Waals surface area contributed by atoms with Crippen molar-refractivity contribution < 1.29 is 4.74 Å². The van der Waals surface area contributed by atoms with E-state index < -0.39 is 0 Å². The highest BCUT2D eigenvalue weighted by Crippen LogP contribution is 2.37. The number of hydrogen-bond donors (Lipinski definition) is 1. The summed E-state index contributed by atoms with van der Waals surface area (Å²) < 4.78 is 5.50. The summed E-state index contributed by atoms with van der Waals surface area (Å²) in [6, 6.07) is 9.56. The van der Waals surface area contributed by atoms with E-state index in [-0.39, 0.29) is 0 Å². The van der Waals surface area contributed by atoms with E-state index in [1.807, 2.05) is 12.1 Å². The van der Waals surface area contributed by atoms with Crippen LogP contribution in [0.1, 0.15) is 37.2 Å². The average molecular weight is 266 g/mol. The lowest BCUT2D eigenvalue weighted by Crippen LogP contribution is -2.48. The lowest BCUT2D eigenvalue weighted by Gasteiger charge is -2.39. The zero-order chi connectivity index (χ0) is 12.4. The maximum Gasteiger partial charge on any atom is 0.0619 e. The topological polar surface area (TPSA) is 21.3 Å². The minimum absolute atomic E-state index is 0.579. The van der Waals surface area contributed by atoms with Gasteiger partial charge >= 0.3 is 0 Å². The molecule has 3 rings (SSSR count). The predicted molar refractivity (Wildman–Crippen MR) is 74.2 cm³/mol. The highest BCUT2D eigenvalue weighted by molar-refractivity contribution is 6.30. The molecule has 0 bridgehead atoms. The largest absolute Gasteiger partial charge is 0.380 e. The van der Waals surface area contributed by atoms with Crippen LogP contribution >= 0.6 is 11.6 Å². The van der Waals surface area contributed by atoms with Gasteiger partial charge in [0.1, 0.15) is 0 Å². The van der Waals surface area contributed by atoms with Crippen LogP contribution in [0.3, 0.4) is 0 Å². The summed E-state index contributed by atoms with van der Waals surface area (Å²) in [7, 11) is 0. The van der Waals surface area contributed by atoms with Crippen LogP contribution in [0.4, 0.5) is 0 Å². The number of hydrogen-bond acceptors (Lipinski definition) is 2. The molecule has 0 aromatic heterocycles. The molecule has 2 aliphatic rings. The van der Waals surface area contributed by atoms with Crippen molar-refractivity contribution in [2.24, 2.45) is 0 Å². The molecule has 1 N–H and O–H groups in total. The predicted octanol–water partition coefficient (Wildman–Crippen LogP) is 3.35. The van der Waals surface area contributed by atoms with E-state index >= 15 is 0 Å². The molecule has 1 aliphatic heterocycles. The number of rotatable bonds is 3. The second kappa shape index (κ2) is 5.60. The Morgan fingerprint density at radius 2 is 1.89 bits per heavy atom. The van der Waals surface area contributed by atoms with E-state index in [2.05, 4.69) is 17.4 Å². The van der Waals surface area contributed by atoms with E-state index in [0.717, 1.165) is 18.2 Å². The summed E-state index contributed by atoms with van der Waals surface area (Å²) in [5.41, 5.74) is 1.43. The van der Waals surface area contributed by atoms with Gasteiger partial charge < -0.3 is 10.1 Å². The van der Waals surface area contributed by atoms with E-state index in [4.69, 9.17) is 16.3 Å². The molecule has 2 nitrogen and oxygen atoms in total. The third-order valence-corrected chi connectivity index (χ3v) is 4.36. The Morgan fingerprint density at radius 3 is 2.56 bits per heavy atom. The van der Waals surface area contributed by atoms with Gasteiger partial charge in [-0.2, -0.15) is 0 Å². The number of ether oxygens (including phenoxy) is 1. The van der Waals surface area contributed by atoms with Crippen molar-refractivity contribution in [3.05, 3.63) is 34.9 Å². The first-order valence-corrected chi connectivity index (χ1v) is 7.28. The van der Waals surface area contributed by atoms with Crippen molar-refractivity contribution in [2.75, 3.05) is 13.2 Å². The van der Waals surface area contributed by atoms with Crippen molar-refractivity contribution in [1.29, 1.82) is 0 Å². The van der Waals surface area contributed by atoms with Gasteiger partial charge in [-0.3, -0.25) is 0 Å². The Balaban J connectivity index is 1.46. The van der Waals surface area contributed by atoms with Crippen LogP contribution < -0.4 is 5.32 Å². The van der Waals surface area contributed by atoms with Gasteiger partial charge in [-0.25, -0.2) is 0 Å². The summed E-state index contributed by atoms with van der Waals surface area (Å²) in [6.07, 6.45) is 4.96. The third-order valence-electron chi connectivity index (χ3n) is 4.11. The van der Waals surface area contributed by atoms with Crippen LogP contribution in [0.25, 0.3) is 0 Å². The van der Waals surface area contributed by atoms with Crippen LogP contribution in [0.15, 0.2) is 24.3 Å². The van der Waals surface area contributed by atoms with Crippen molar-refractivity contribution in [1.82, 2.24) is 5.32 Å². The molecule has 1 unspecified atom stereocenters. The fourth-order valence-corrected chi connectivity index (χ4v) is 3.09. The molecule has 0 spiro atoms. The highest BCUT2D eigenvalue weighted by atomic mass is 35.5. The second-order valence-corrected chi connectivity index (χ2v) is 5.93. The fourth-order valence-electron chi connectivity index (χ4n) is 2.97. The molecule has 1 heterocycles. The molecular formula is C15H20ClNO. The quantitative estimate of drug-likeness (QED) is 0.905. The van der Waals surface area contributed by atoms with Crippen LogP contribution in [-0.2, 0) is 4.74 Å². The van der Waals surface area contributed by atoms with Crippen LogP contribution in [0.5, 0.6) is 0 Å². The molecule has 1 aromatic carbocycles. The average Bonchev–Trinajstić information content (AvgIpc) is 2.36. The summed E-state index contributed by atoms with van der Waals surface area (Å²) in [6.45, 7) is 1.83. The molecular weight excluding hydrogens is 246 g/mol.